The summed E-state index contributed by atoms with van der Waals surface area (Å²) < 4.78 is 0. The molecule has 0 unspecified atom stereocenters. The first kappa shape index (κ1) is 18.9. The standard InChI is InChI=1S/C23H25N5O/c1-17-6-7-19(15-18(17)2)23(29)26-21-9-8-20(16-25-21)27-11-13-28(14-12-27)22-5-3-4-10-24-22/h3-10,15-16H,11-14H2,1-2H3,(H,25,26,29). The van der Waals surface area contributed by atoms with E-state index in [2.05, 4.69) is 25.1 Å². The maximum atomic E-state index is 12.5. The maximum absolute atomic E-state index is 12.5. The van der Waals surface area contributed by atoms with Gasteiger partial charge in [-0.2, -0.15) is 0 Å². The average Bonchev–Trinajstić information content (AvgIpc) is 2.77. The molecule has 1 aliphatic rings. The fourth-order valence-corrected chi connectivity index (χ4v) is 3.45. The van der Waals surface area contributed by atoms with Crippen molar-refractivity contribution < 1.29 is 4.79 Å². The summed E-state index contributed by atoms with van der Waals surface area (Å²) in [6.45, 7) is 7.70. The van der Waals surface area contributed by atoms with Gasteiger partial charge in [0.2, 0.25) is 0 Å². The summed E-state index contributed by atoms with van der Waals surface area (Å²) in [6.07, 6.45) is 3.66. The van der Waals surface area contributed by atoms with Gasteiger partial charge in [-0.05, 0) is 61.4 Å². The summed E-state index contributed by atoms with van der Waals surface area (Å²) in [5, 5.41) is 2.88. The SMILES string of the molecule is Cc1ccc(C(=O)Nc2ccc(N3CCN(c4ccccn4)CC3)cn2)cc1C. The van der Waals surface area contributed by atoms with Crippen LogP contribution in [0.1, 0.15) is 21.5 Å². The largest absolute Gasteiger partial charge is 0.367 e. The first-order valence-electron chi connectivity index (χ1n) is 9.86. The van der Waals surface area contributed by atoms with Crippen LogP contribution in [-0.2, 0) is 0 Å². The molecule has 6 heteroatoms. The van der Waals surface area contributed by atoms with Crippen LogP contribution in [0, 0.1) is 13.8 Å². The Morgan fingerprint density at radius 1 is 0.897 bits per heavy atom. The second-order valence-electron chi connectivity index (χ2n) is 7.32. The predicted molar refractivity (Wildman–Crippen MR) is 117 cm³/mol. The van der Waals surface area contributed by atoms with Crippen LogP contribution in [0.3, 0.4) is 0 Å². The molecule has 1 aliphatic heterocycles. The molecule has 1 aromatic carbocycles. The molecule has 1 fully saturated rings. The Bertz CT molecular complexity index is 980. The van der Waals surface area contributed by atoms with Gasteiger partial charge in [0.15, 0.2) is 0 Å². The van der Waals surface area contributed by atoms with Gasteiger partial charge in [0, 0.05) is 37.9 Å². The van der Waals surface area contributed by atoms with E-state index in [-0.39, 0.29) is 5.91 Å². The molecule has 3 heterocycles. The van der Waals surface area contributed by atoms with Gasteiger partial charge in [-0.15, -0.1) is 0 Å². The van der Waals surface area contributed by atoms with Crippen molar-refractivity contribution in [3.63, 3.8) is 0 Å². The van der Waals surface area contributed by atoms with E-state index in [1.807, 2.05) is 74.8 Å². The highest BCUT2D eigenvalue weighted by atomic mass is 16.1. The zero-order chi connectivity index (χ0) is 20.2. The van der Waals surface area contributed by atoms with Crippen molar-refractivity contribution in [3.8, 4) is 0 Å². The fourth-order valence-electron chi connectivity index (χ4n) is 3.45. The lowest BCUT2D eigenvalue weighted by molar-refractivity contribution is 0.102. The molecule has 0 saturated carbocycles. The summed E-state index contributed by atoms with van der Waals surface area (Å²) in [7, 11) is 0. The highest BCUT2D eigenvalue weighted by molar-refractivity contribution is 6.03. The van der Waals surface area contributed by atoms with Crippen LogP contribution in [0.25, 0.3) is 0 Å². The van der Waals surface area contributed by atoms with Crippen molar-refractivity contribution in [1.29, 1.82) is 0 Å². The third kappa shape index (κ3) is 4.37. The summed E-state index contributed by atoms with van der Waals surface area (Å²) in [5.74, 6) is 1.44. The third-order valence-corrected chi connectivity index (χ3v) is 5.38. The highest BCUT2D eigenvalue weighted by Crippen LogP contribution is 2.20. The summed E-state index contributed by atoms with van der Waals surface area (Å²) in [5.41, 5.74) is 3.98. The van der Waals surface area contributed by atoms with E-state index in [1.165, 1.54) is 5.56 Å². The molecule has 6 nitrogen and oxygen atoms in total. The quantitative estimate of drug-likeness (QED) is 0.740. The topological polar surface area (TPSA) is 61.4 Å². The molecule has 2 aromatic heterocycles. The molecule has 0 radical (unpaired) electrons. The van der Waals surface area contributed by atoms with E-state index in [0.29, 0.717) is 11.4 Å². The molecule has 1 N–H and O–H groups in total. The van der Waals surface area contributed by atoms with Gasteiger partial charge >= 0.3 is 0 Å². The van der Waals surface area contributed by atoms with Gasteiger partial charge in [-0.25, -0.2) is 9.97 Å². The van der Waals surface area contributed by atoms with Crippen molar-refractivity contribution in [1.82, 2.24) is 9.97 Å². The number of piperazine rings is 1. The number of nitrogens with zero attached hydrogens (tertiary/aromatic N) is 4. The zero-order valence-electron chi connectivity index (χ0n) is 16.8. The molecule has 29 heavy (non-hydrogen) atoms. The van der Waals surface area contributed by atoms with Gasteiger partial charge in [0.05, 0.1) is 11.9 Å². The molecule has 0 spiro atoms. The molecule has 0 aliphatic carbocycles. The van der Waals surface area contributed by atoms with Crippen LogP contribution < -0.4 is 15.1 Å². The lowest BCUT2D eigenvalue weighted by atomic mass is 10.1. The molecule has 1 amide bonds. The van der Waals surface area contributed by atoms with Gasteiger partial charge in [0.25, 0.3) is 5.91 Å². The number of hydrogen-bond donors (Lipinski definition) is 1. The average molecular weight is 387 g/mol. The smallest absolute Gasteiger partial charge is 0.256 e. The molecular weight excluding hydrogens is 362 g/mol. The molecule has 0 atom stereocenters. The molecule has 0 bridgehead atoms. The Labute approximate surface area is 171 Å². The third-order valence-electron chi connectivity index (χ3n) is 5.38. The van der Waals surface area contributed by atoms with Crippen LogP contribution >= 0.6 is 0 Å². The van der Waals surface area contributed by atoms with E-state index in [4.69, 9.17) is 0 Å². The maximum Gasteiger partial charge on any atom is 0.256 e. The van der Waals surface area contributed by atoms with Crippen molar-refractivity contribution in [2.45, 2.75) is 13.8 Å². The van der Waals surface area contributed by atoms with Crippen molar-refractivity contribution in [3.05, 3.63) is 77.6 Å². The van der Waals surface area contributed by atoms with E-state index < -0.39 is 0 Å². The number of amides is 1. The monoisotopic (exact) mass is 387 g/mol. The summed E-state index contributed by atoms with van der Waals surface area (Å²) in [6, 6.07) is 15.6. The highest BCUT2D eigenvalue weighted by Gasteiger charge is 2.18. The molecule has 148 valence electrons. The second-order valence-corrected chi connectivity index (χ2v) is 7.32. The number of aromatic nitrogens is 2. The number of carbonyl (C=O) groups is 1. The zero-order valence-corrected chi connectivity index (χ0v) is 16.8. The first-order valence-corrected chi connectivity index (χ1v) is 9.86. The Kier molecular flexibility index (Phi) is 5.42. The van der Waals surface area contributed by atoms with Gasteiger partial charge in [0.1, 0.15) is 11.6 Å². The Morgan fingerprint density at radius 3 is 2.34 bits per heavy atom. The normalized spacial score (nSPS) is 14.0. The van der Waals surface area contributed by atoms with Gasteiger partial charge in [-0.3, -0.25) is 4.79 Å². The lowest BCUT2D eigenvalue weighted by Crippen LogP contribution is -2.46. The minimum Gasteiger partial charge on any atom is -0.367 e. The molecule has 1 saturated heterocycles. The lowest BCUT2D eigenvalue weighted by Gasteiger charge is -2.36. The second kappa shape index (κ2) is 8.31. The van der Waals surface area contributed by atoms with Crippen LogP contribution in [-0.4, -0.2) is 42.1 Å². The number of benzene rings is 1. The number of pyridine rings is 2. The van der Waals surface area contributed by atoms with Crippen molar-refractivity contribution >= 4 is 23.2 Å². The number of nitrogens with one attached hydrogen (secondary N) is 1. The summed E-state index contributed by atoms with van der Waals surface area (Å²) >= 11 is 0. The fraction of sp³-hybridized carbons (Fsp3) is 0.261. The van der Waals surface area contributed by atoms with E-state index in [9.17, 15) is 4.79 Å². The Morgan fingerprint density at radius 2 is 1.69 bits per heavy atom. The van der Waals surface area contributed by atoms with E-state index >= 15 is 0 Å². The van der Waals surface area contributed by atoms with Crippen LogP contribution in [0.2, 0.25) is 0 Å². The number of carbonyl (C=O) groups excluding carboxylic acids is 1. The number of anilines is 3. The van der Waals surface area contributed by atoms with E-state index in [1.54, 1.807) is 0 Å². The van der Waals surface area contributed by atoms with Gasteiger partial charge < -0.3 is 15.1 Å². The van der Waals surface area contributed by atoms with E-state index in [0.717, 1.165) is 43.2 Å². The first-order chi connectivity index (χ1) is 14.1. The minimum atomic E-state index is -0.141. The van der Waals surface area contributed by atoms with Gasteiger partial charge in [-0.1, -0.05) is 12.1 Å². The minimum absolute atomic E-state index is 0.141. The van der Waals surface area contributed by atoms with Crippen LogP contribution in [0.15, 0.2) is 60.9 Å². The Hall–Kier alpha value is -3.41. The predicted octanol–water partition coefficient (Wildman–Crippen LogP) is 3.67. The van der Waals surface area contributed by atoms with Crippen LogP contribution in [0.4, 0.5) is 17.3 Å². The van der Waals surface area contributed by atoms with Crippen LogP contribution in [0.5, 0.6) is 0 Å². The number of hydrogen-bond acceptors (Lipinski definition) is 5. The number of rotatable bonds is 4. The molecular formula is C23H25N5O. The van der Waals surface area contributed by atoms with Crippen molar-refractivity contribution in [2.24, 2.45) is 0 Å². The van der Waals surface area contributed by atoms with Crippen molar-refractivity contribution in [2.75, 3.05) is 41.3 Å². The Balaban J connectivity index is 1.36. The molecule has 4 rings (SSSR count). The summed E-state index contributed by atoms with van der Waals surface area (Å²) in [4.78, 5) is 25.9. The molecule has 3 aromatic rings. The number of aryl methyl sites for hydroxylation is 2.